The van der Waals surface area contributed by atoms with Crippen LogP contribution in [0.4, 0.5) is 0 Å². The number of thioether (sulfide) groups is 1. The maximum atomic E-state index is 5.71. The third-order valence-electron chi connectivity index (χ3n) is 3.65. The highest BCUT2D eigenvalue weighted by Crippen LogP contribution is 2.30. The second kappa shape index (κ2) is 7.17. The highest BCUT2D eigenvalue weighted by Gasteiger charge is 2.10. The molecular weight excluding hydrogens is 240 g/mol. The Kier molecular flexibility index (Phi) is 5.54. The molecule has 0 amide bonds. The third-order valence-corrected chi connectivity index (χ3v) is 4.85. The van der Waals surface area contributed by atoms with Crippen molar-refractivity contribution in [1.29, 1.82) is 0 Å². The van der Waals surface area contributed by atoms with Crippen LogP contribution in [-0.2, 0) is 13.0 Å². The van der Waals surface area contributed by atoms with Crippen molar-refractivity contribution in [2.75, 3.05) is 18.8 Å². The molecule has 1 atom stereocenters. The maximum absolute atomic E-state index is 5.71. The van der Waals surface area contributed by atoms with E-state index in [-0.39, 0.29) is 0 Å². The molecule has 2 rings (SSSR count). The number of hydrogen-bond donors (Lipinski definition) is 2. The fourth-order valence-corrected chi connectivity index (χ4v) is 3.36. The molecule has 0 radical (unpaired) electrons. The lowest BCUT2D eigenvalue weighted by Gasteiger charge is -2.17. The molecule has 100 valence electrons. The van der Waals surface area contributed by atoms with Gasteiger partial charge in [-0.15, -0.1) is 11.8 Å². The molecule has 1 aliphatic rings. The summed E-state index contributed by atoms with van der Waals surface area (Å²) < 4.78 is 0. The highest BCUT2D eigenvalue weighted by atomic mass is 32.2. The van der Waals surface area contributed by atoms with Gasteiger partial charge in [-0.3, -0.25) is 0 Å². The van der Waals surface area contributed by atoms with Gasteiger partial charge in [0.25, 0.3) is 0 Å². The Morgan fingerprint density at radius 1 is 1.44 bits per heavy atom. The van der Waals surface area contributed by atoms with Gasteiger partial charge in [-0.2, -0.15) is 0 Å². The fraction of sp³-hybridized carbons (Fsp3) is 0.600. The van der Waals surface area contributed by atoms with Crippen LogP contribution >= 0.6 is 11.8 Å². The van der Waals surface area contributed by atoms with Crippen LogP contribution in [0.3, 0.4) is 0 Å². The van der Waals surface area contributed by atoms with Crippen molar-refractivity contribution in [2.24, 2.45) is 11.7 Å². The van der Waals surface area contributed by atoms with Gasteiger partial charge in [0.1, 0.15) is 0 Å². The summed E-state index contributed by atoms with van der Waals surface area (Å²) in [7, 11) is 0. The van der Waals surface area contributed by atoms with Crippen molar-refractivity contribution in [3.05, 3.63) is 29.3 Å². The van der Waals surface area contributed by atoms with Crippen molar-refractivity contribution < 1.29 is 0 Å². The van der Waals surface area contributed by atoms with E-state index < -0.39 is 0 Å². The minimum Gasteiger partial charge on any atom is -0.330 e. The van der Waals surface area contributed by atoms with E-state index in [0.29, 0.717) is 5.92 Å². The highest BCUT2D eigenvalue weighted by molar-refractivity contribution is 7.99. The molecule has 0 aromatic heterocycles. The molecule has 0 fully saturated rings. The van der Waals surface area contributed by atoms with Gasteiger partial charge in [-0.25, -0.2) is 0 Å². The number of fused-ring (bicyclic) bond motifs is 1. The molecular formula is C15H24N2S. The summed E-state index contributed by atoms with van der Waals surface area (Å²) in [6.45, 7) is 4.98. The van der Waals surface area contributed by atoms with Crippen molar-refractivity contribution in [2.45, 2.75) is 37.6 Å². The Morgan fingerprint density at radius 2 is 2.33 bits per heavy atom. The van der Waals surface area contributed by atoms with E-state index in [2.05, 4.69) is 30.4 Å². The lowest BCUT2D eigenvalue weighted by atomic mass is 10.1. The Balaban J connectivity index is 1.86. The minimum atomic E-state index is 0.609. The molecule has 3 heteroatoms. The maximum Gasteiger partial charge on any atom is 0.0205 e. The summed E-state index contributed by atoms with van der Waals surface area (Å²) in [6.07, 6.45) is 3.72. The van der Waals surface area contributed by atoms with Gasteiger partial charge in [-0.05, 0) is 54.8 Å². The van der Waals surface area contributed by atoms with Gasteiger partial charge in [0, 0.05) is 11.4 Å². The number of hydrogen-bond acceptors (Lipinski definition) is 3. The molecule has 0 aliphatic carbocycles. The van der Waals surface area contributed by atoms with E-state index in [1.54, 1.807) is 0 Å². The van der Waals surface area contributed by atoms with Gasteiger partial charge in [0.15, 0.2) is 0 Å². The molecule has 18 heavy (non-hydrogen) atoms. The van der Waals surface area contributed by atoms with Gasteiger partial charge >= 0.3 is 0 Å². The molecule has 1 heterocycles. The molecule has 3 N–H and O–H groups in total. The van der Waals surface area contributed by atoms with Gasteiger partial charge in [-0.1, -0.05) is 25.5 Å². The molecule has 1 aliphatic heterocycles. The first kappa shape index (κ1) is 13.9. The van der Waals surface area contributed by atoms with E-state index in [1.165, 1.54) is 34.6 Å². The minimum absolute atomic E-state index is 0.609. The Hall–Kier alpha value is -0.510. The van der Waals surface area contributed by atoms with Crippen LogP contribution < -0.4 is 11.1 Å². The smallest absolute Gasteiger partial charge is 0.0205 e. The average molecular weight is 264 g/mol. The lowest BCUT2D eigenvalue weighted by molar-refractivity contribution is 0.471. The zero-order valence-corrected chi connectivity index (χ0v) is 12.1. The predicted molar refractivity (Wildman–Crippen MR) is 80.0 cm³/mol. The Labute approximate surface area is 115 Å². The monoisotopic (exact) mass is 264 g/mol. The van der Waals surface area contributed by atoms with Crippen LogP contribution in [0.5, 0.6) is 0 Å². The first-order valence-corrected chi connectivity index (χ1v) is 7.97. The van der Waals surface area contributed by atoms with E-state index in [4.69, 9.17) is 5.73 Å². The number of nitrogens with one attached hydrogen (secondary N) is 1. The van der Waals surface area contributed by atoms with Gasteiger partial charge in [0.2, 0.25) is 0 Å². The number of aryl methyl sites for hydroxylation is 1. The molecule has 1 aromatic rings. The summed E-state index contributed by atoms with van der Waals surface area (Å²) in [5, 5.41) is 3.52. The van der Waals surface area contributed by atoms with E-state index in [0.717, 1.165) is 26.1 Å². The first-order valence-electron chi connectivity index (χ1n) is 6.99. The largest absolute Gasteiger partial charge is 0.330 e. The standard InChI is InChI=1S/C15H24N2S/c1-2-12(9-16)10-17-11-13-5-6-15-14(8-13)4-3-7-18-15/h5-6,8,12,17H,2-4,7,9-11,16H2,1H3. The number of nitrogens with two attached hydrogens (primary N) is 1. The summed E-state index contributed by atoms with van der Waals surface area (Å²) in [4.78, 5) is 1.48. The van der Waals surface area contributed by atoms with E-state index >= 15 is 0 Å². The fourth-order valence-electron chi connectivity index (χ4n) is 2.34. The molecule has 0 bridgehead atoms. The van der Waals surface area contributed by atoms with Crippen molar-refractivity contribution >= 4 is 11.8 Å². The van der Waals surface area contributed by atoms with Crippen LogP contribution in [0.25, 0.3) is 0 Å². The quantitative estimate of drug-likeness (QED) is 0.830. The topological polar surface area (TPSA) is 38.0 Å². The van der Waals surface area contributed by atoms with Crippen LogP contribution in [-0.4, -0.2) is 18.8 Å². The molecule has 0 saturated carbocycles. The molecule has 2 nitrogen and oxygen atoms in total. The summed E-state index contributed by atoms with van der Waals surface area (Å²) >= 11 is 2.00. The van der Waals surface area contributed by atoms with E-state index in [9.17, 15) is 0 Å². The molecule has 0 saturated heterocycles. The second-order valence-electron chi connectivity index (χ2n) is 5.03. The van der Waals surface area contributed by atoms with Gasteiger partial charge in [0.05, 0.1) is 0 Å². The summed E-state index contributed by atoms with van der Waals surface area (Å²) in [5.41, 5.74) is 8.66. The summed E-state index contributed by atoms with van der Waals surface area (Å²) in [6, 6.07) is 6.92. The molecule has 1 aromatic carbocycles. The van der Waals surface area contributed by atoms with Crippen molar-refractivity contribution in [3.63, 3.8) is 0 Å². The number of rotatable bonds is 6. The Morgan fingerprint density at radius 3 is 3.11 bits per heavy atom. The zero-order chi connectivity index (χ0) is 12.8. The van der Waals surface area contributed by atoms with Crippen molar-refractivity contribution in [1.82, 2.24) is 5.32 Å². The van der Waals surface area contributed by atoms with Crippen molar-refractivity contribution in [3.8, 4) is 0 Å². The average Bonchev–Trinajstić information content (AvgIpc) is 2.43. The lowest BCUT2D eigenvalue weighted by Crippen LogP contribution is -2.27. The predicted octanol–water partition coefficient (Wildman–Crippen LogP) is 2.80. The van der Waals surface area contributed by atoms with E-state index in [1.807, 2.05) is 11.8 Å². The third kappa shape index (κ3) is 3.74. The molecule has 1 unspecified atom stereocenters. The van der Waals surface area contributed by atoms with Crippen LogP contribution in [0.1, 0.15) is 30.9 Å². The Bertz CT molecular complexity index is 375. The first-order chi connectivity index (χ1) is 8.83. The summed E-state index contributed by atoms with van der Waals surface area (Å²) in [5.74, 6) is 1.89. The van der Waals surface area contributed by atoms with Gasteiger partial charge < -0.3 is 11.1 Å². The normalized spacial score (nSPS) is 16.3. The number of benzene rings is 1. The van der Waals surface area contributed by atoms with Crippen LogP contribution in [0.2, 0.25) is 0 Å². The SMILES string of the molecule is CCC(CN)CNCc1ccc2c(c1)CCCS2. The second-order valence-corrected chi connectivity index (χ2v) is 6.17. The molecule has 0 spiro atoms. The van der Waals surface area contributed by atoms with Crippen LogP contribution in [0.15, 0.2) is 23.1 Å². The van der Waals surface area contributed by atoms with Crippen LogP contribution in [0, 0.1) is 5.92 Å². The zero-order valence-electron chi connectivity index (χ0n) is 11.2.